The van der Waals surface area contributed by atoms with Crippen LogP contribution in [0.25, 0.3) is 0 Å². The van der Waals surface area contributed by atoms with Crippen molar-refractivity contribution in [3.8, 4) is 0 Å². The van der Waals surface area contributed by atoms with Crippen LogP contribution in [0, 0.1) is 0 Å². The van der Waals surface area contributed by atoms with Crippen molar-refractivity contribution in [2.75, 3.05) is 18.9 Å². The predicted octanol–water partition coefficient (Wildman–Crippen LogP) is 1.52. The summed E-state index contributed by atoms with van der Waals surface area (Å²) < 4.78 is 1.90. The van der Waals surface area contributed by atoms with Crippen LogP contribution in [-0.4, -0.2) is 38.9 Å². The Hall–Kier alpha value is -2.37. The normalized spacial score (nSPS) is 10.3. The maximum atomic E-state index is 12.3. The lowest BCUT2D eigenvalue weighted by Crippen LogP contribution is -2.27. The predicted molar refractivity (Wildman–Crippen MR) is 77.4 cm³/mol. The Labute approximate surface area is 118 Å². The second-order valence-electron chi connectivity index (χ2n) is 4.58. The molecule has 0 aliphatic rings. The lowest BCUT2D eigenvalue weighted by atomic mass is 10.2. The van der Waals surface area contributed by atoms with Crippen LogP contribution in [0.15, 0.2) is 30.7 Å². The molecule has 0 radical (unpaired) electrons. The summed E-state index contributed by atoms with van der Waals surface area (Å²) in [7, 11) is 3.67. The maximum absolute atomic E-state index is 12.3. The number of rotatable bonds is 5. The minimum absolute atomic E-state index is 0.0662. The lowest BCUT2D eigenvalue weighted by molar-refractivity contribution is 0.0780. The van der Waals surface area contributed by atoms with Gasteiger partial charge < -0.3 is 14.8 Å². The van der Waals surface area contributed by atoms with Gasteiger partial charge in [-0.3, -0.25) is 4.79 Å². The van der Waals surface area contributed by atoms with E-state index in [1.54, 1.807) is 30.4 Å². The molecule has 1 N–H and O–H groups in total. The number of pyridine rings is 1. The Balaban J connectivity index is 2.04. The molecule has 0 aliphatic carbocycles. The van der Waals surface area contributed by atoms with E-state index in [1.165, 1.54) is 0 Å². The van der Waals surface area contributed by atoms with Crippen molar-refractivity contribution in [1.82, 2.24) is 19.4 Å². The van der Waals surface area contributed by atoms with Crippen LogP contribution < -0.4 is 5.32 Å². The monoisotopic (exact) mass is 273 g/mol. The first-order valence-electron chi connectivity index (χ1n) is 6.53. The highest BCUT2D eigenvalue weighted by Gasteiger charge is 2.14. The van der Waals surface area contributed by atoms with Crippen LogP contribution in [0.5, 0.6) is 0 Å². The SMILES string of the molecule is CCNc1ccc(C(=O)N(C)Cc2nccn2C)cn1. The van der Waals surface area contributed by atoms with Gasteiger partial charge in [0.1, 0.15) is 11.6 Å². The summed E-state index contributed by atoms with van der Waals surface area (Å²) in [4.78, 5) is 22.3. The average Bonchev–Trinajstić information content (AvgIpc) is 2.85. The van der Waals surface area contributed by atoms with Gasteiger partial charge in [-0.1, -0.05) is 0 Å². The number of anilines is 1. The van der Waals surface area contributed by atoms with Gasteiger partial charge in [0.25, 0.3) is 5.91 Å². The van der Waals surface area contributed by atoms with Crippen LogP contribution in [0.2, 0.25) is 0 Å². The number of amides is 1. The molecule has 6 heteroatoms. The molecule has 0 saturated heterocycles. The average molecular weight is 273 g/mol. The molecule has 0 bridgehead atoms. The van der Waals surface area contributed by atoms with Gasteiger partial charge in [-0.25, -0.2) is 9.97 Å². The van der Waals surface area contributed by atoms with E-state index in [9.17, 15) is 4.79 Å². The Bertz CT molecular complexity index is 576. The number of aryl methyl sites for hydroxylation is 1. The maximum Gasteiger partial charge on any atom is 0.255 e. The Kier molecular flexibility index (Phi) is 4.34. The highest BCUT2D eigenvalue weighted by atomic mass is 16.2. The molecule has 0 aliphatic heterocycles. The first-order chi connectivity index (χ1) is 9.61. The number of carbonyl (C=O) groups excluding carboxylic acids is 1. The summed E-state index contributed by atoms with van der Waals surface area (Å²) in [6.07, 6.45) is 5.18. The van der Waals surface area contributed by atoms with Gasteiger partial charge in [0.05, 0.1) is 12.1 Å². The summed E-state index contributed by atoms with van der Waals surface area (Å²) >= 11 is 0. The van der Waals surface area contributed by atoms with E-state index in [2.05, 4.69) is 15.3 Å². The Morgan fingerprint density at radius 2 is 2.20 bits per heavy atom. The highest BCUT2D eigenvalue weighted by Crippen LogP contribution is 2.09. The van der Waals surface area contributed by atoms with Crippen molar-refractivity contribution >= 4 is 11.7 Å². The third-order valence-electron chi connectivity index (χ3n) is 3.01. The van der Waals surface area contributed by atoms with E-state index in [1.807, 2.05) is 30.8 Å². The van der Waals surface area contributed by atoms with Crippen LogP contribution in [0.4, 0.5) is 5.82 Å². The van der Waals surface area contributed by atoms with E-state index >= 15 is 0 Å². The summed E-state index contributed by atoms with van der Waals surface area (Å²) in [6, 6.07) is 3.59. The quantitative estimate of drug-likeness (QED) is 0.897. The minimum atomic E-state index is -0.0662. The van der Waals surface area contributed by atoms with Crippen molar-refractivity contribution in [2.45, 2.75) is 13.5 Å². The molecule has 20 heavy (non-hydrogen) atoms. The molecular weight excluding hydrogens is 254 g/mol. The van der Waals surface area contributed by atoms with E-state index in [0.717, 1.165) is 18.2 Å². The zero-order valence-electron chi connectivity index (χ0n) is 12.0. The number of nitrogens with zero attached hydrogens (tertiary/aromatic N) is 4. The van der Waals surface area contributed by atoms with Crippen LogP contribution in [-0.2, 0) is 13.6 Å². The van der Waals surface area contributed by atoms with Gasteiger partial charge in [0.15, 0.2) is 0 Å². The van der Waals surface area contributed by atoms with Gasteiger partial charge in [0, 0.05) is 39.2 Å². The Morgan fingerprint density at radius 3 is 2.75 bits per heavy atom. The molecule has 0 atom stereocenters. The zero-order valence-corrected chi connectivity index (χ0v) is 12.0. The van der Waals surface area contributed by atoms with Crippen molar-refractivity contribution in [3.63, 3.8) is 0 Å². The number of hydrogen-bond acceptors (Lipinski definition) is 4. The van der Waals surface area contributed by atoms with Crippen LogP contribution in [0.3, 0.4) is 0 Å². The van der Waals surface area contributed by atoms with Crippen molar-refractivity contribution in [3.05, 3.63) is 42.1 Å². The van der Waals surface area contributed by atoms with Crippen LogP contribution >= 0.6 is 0 Å². The zero-order chi connectivity index (χ0) is 14.5. The molecule has 0 unspecified atom stereocenters. The number of hydrogen-bond donors (Lipinski definition) is 1. The first-order valence-corrected chi connectivity index (χ1v) is 6.53. The van der Waals surface area contributed by atoms with Gasteiger partial charge in [0.2, 0.25) is 0 Å². The van der Waals surface area contributed by atoms with Crippen molar-refractivity contribution in [1.29, 1.82) is 0 Å². The van der Waals surface area contributed by atoms with Crippen molar-refractivity contribution < 1.29 is 4.79 Å². The fourth-order valence-corrected chi connectivity index (χ4v) is 1.86. The standard InChI is InChI=1S/C14H19N5O/c1-4-15-12-6-5-11(9-17-12)14(20)19(3)10-13-16-7-8-18(13)2/h5-9H,4,10H2,1-3H3,(H,15,17). The third kappa shape index (κ3) is 3.14. The van der Waals surface area contributed by atoms with E-state index in [4.69, 9.17) is 0 Å². The summed E-state index contributed by atoms with van der Waals surface area (Å²) in [5, 5.41) is 3.10. The number of imidazole rings is 1. The topological polar surface area (TPSA) is 63.1 Å². The molecule has 0 saturated carbocycles. The van der Waals surface area contributed by atoms with Gasteiger partial charge in [-0.15, -0.1) is 0 Å². The number of nitrogens with one attached hydrogen (secondary N) is 1. The summed E-state index contributed by atoms with van der Waals surface area (Å²) in [5.41, 5.74) is 0.573. The first kappa shape index (κ1) is 14.0. The van der Waals surface area contributed by atoms with Gasteiger partial charge in [-0.05, 0) is 19.1 Å². The summed E-state index contributed by atoms with van der Waals surface area (Å²) in [6.45, 7) is 3.28. The van der Waals surface area contributed by atoms with E-state index in [-0.39, 0.29) is 5.91 Å². The molecule has 0 aromatic carbocycles. The molecule has 6 nitrogen and oxygen atoms in total. The molecule has 106 valence electrons. The largest absolute Gasteiger partial charge is 0.370 e. The lowest BCUT2D eigenvalue weighted by Gasteiger charge is -2.17. The van der Waals surface area contributed by atoms with Crippen molar-refractivity contribution in [2.24, 2.45) is 7.05 Å². The number of carbonyl (C=O) groups is 1. The second-order valence-corrected chi connectivity index (χ2v) is 4.58. The molecule has 2 aromatic heterocycles. The fourth-order valence-electron chi connectivity index (χ4n) is 1.86. The molecule has 2 heterocycles. The van der Waals surface area contributed by atoms with Gasteiger partial charge in [-0.2, -0.15) is 0 Å². The second kappa shape index (κ2) is 6.18. The minimum Gasteiger partial charge on any atom is -0.370 e. The molecule has 2 aromatic rings. The molecular formula is C14H19N5O. The molecule has 1 amide bonds. The van der Waals surface area contributed by atoms with E-state index in [0.29, 0.717) is 12.1 Å². The third-order valence-corrected chi connectivity index (χ3v) is 3.01. The smallest absolute Gasteiger partial charge is 0.255 e. The highest BCUT2D eigenvalue weighted by molar-refractivity contribution is 5.93. The Morgan fingerprint density at radius 1 is 1.40 bits per heavy atom. The molecule has 2 rings (SSSR count). The fraction of sp³-hybridized carbons (Fsp3) is 0.357. The molecule has 0 fully saturated rings. The van der Waals surface area contributed by atoms with Gasteiger partial charge >= 0.3 is 0 Å². The van der Waals surface area contributed by atoms with E-state index < -0.39 is 0 Å². The molecule has 0 spiro atoms. The number of aromatic nitrogens is 3. The summed E-state index contributed by atoms with van der Waals surface area (Å²) in [5.74, 6) is 1.55. The van der Waals surface area contributed by atoms with Crippen LogP contribution in [0.1, 0.15) is 23.1 Å².